The lowest BCUT2D eigenvalue weighted by Gasteiger charge is -2.30. The van der Waals surface area contributed by atoms with Gasteiger partial charge < -0.3 is 9.32 Å². The molecule has 1 aliphatic carbocycles. The molecule has 1 aromatic heterocycles. The molecule has 0 spiro atoms. The van der Waals surface area contributed by atoms with E-state index in [1.165, 1.54) is 76.6 Å². The van der Waals surface area contributed by atoms with Gasteiger partial charge in [-0.3, -0.25) is 0 Å². The number of anilines is 2. The van der Waals surface area contributed by atoms with Crippen molar-refractivity contribution in [3.8, 4) is 22.3 Å². The zero-order valence-corrected chi connectivity index (χ0v) is 30.8. The second kappa shape index (κ2) is 13.3. The van der Waals surface area contributed by atoms with Crippen LogP contribution in [0.15, 0.2) is 216 Å². The molecule has 0 bridgehead atoms. The molecule has 1 unspecified atom stereocenters. The number of hydrogen-bond acceptors (Lipinski definition) is 2. The molecular weight excluding hydrogens is 679 g/mol. The first-order valence-corrected chi connectivity index (χ1v) is 19.4. The van der Waals surface area contributed by atoms with Crippen LogP contribution in [0.25, 0.3) is 76.5 Å². The van der Waals surface area contributed by atoms with Crippen molar-refractivity contribution in [2.75, 3.05) is 4.90 Å². The van der Waals surface area contributed by atoms with Crippen LogP contribution in [0, 0.1) is 0 Å². The summed E-state index contributed by atoms with van der Waals surface area (Å²) < 4.78 is 6.47. The molecule has 0 radical (unpaired) electrons. The van der Waals surface area contributed by atoms with E-state index >= 15 is 0 Å². The third-order valence-corrected chi connectivity index (χ3v) is 11.6. The average Bonchev–Trinajstić information content (AvgIpc) is 3.66. The lowest BCUT2D eigenvalue weighted by molar-refractivity contribution is 0.657. The van der Waals surface area contributed by atoms with Crippen LogP contribution >= 0.6 is 0 Å². The Morgan fingerprint density at radius 2 is 1.07 bits per heavy atom. The third-order valence-electron chi connectivity index (χ3n) is 11.6. The van der Waals surface area contributed by atoms with Gasteiger partial charge in [0, 0.05) is 39.0 Å². The van der Waals surface area contributed by atoms with Crippen LogP contribution in [-0.4, -0.2) is 0 Å². The van der Waals surface area contributed by atoms with E-state index in [1.54, 1.807) is 0 Å². The standard InChI is InChI=1S/C54H37NO/c1-2-11-43-35-44(26-23-36(43)9-1)39-21-19-37(20-22-39)38-27-31-45(32-28-38)55(51-17-7-12-42-25-24-40-10-3-4-13-47(40)53(42)51)46-33-29-41(30-34-46)48-15-8-16-50-49-14-5-6-18-52(49)56-54(48)50/h1-29,31-35,41H,30H2. The SMILES string of the molecule is C1=CC(c2cccc3c2oc2ccccc23)CC=C1N(c1ccc(-c2ccc(-c3ccc4ccccc4c3)cc2)cc1)c1cccc2ccc3ccccc3c12. The summed E-state index contributed by atoms with van der Waals surface area (Å²) >= 11 is 0. The quantitative estimate of drug-likeness (QED) is 0.159. The average molecular weight is 716 g/mol. The molecule has 10 aromatic rings. The van der Waals surface area contributed by atoms with Crippen molar-refractivity contribution in [1.29, 1.82) is 0 Å². The molecule has 0 fully saturated rings. The summed E-state index contributed by atoms with van der Waals surface area (Å²) in [7, 11) is 0. The van der Waals surface area contributed by atoms with Gasteiger partial charge >= 0.3 is 0 Å². The van der Waals surface area contributed by atoms with Crippen molar-refractivity contribution >= 4 is 65.6 Å². The first-order valence-electron chi connectivity index (χ1n) is 19.4. The van der Waals surface area contributed by atoms with E-state index in [1.807, 2.05) is 6.07 Å². The van der Waals surface area contributed by atoms with Gasteiger partial charge in [0.05, 0.1) is 5.69 Å². The normalized spacial score (nSPS) is 14.2. The first kappa shape index (κ1) is 32.3. The molecule has 56 heavy (non-hydrogen) atoms. The van der Waals surface area contributed by atoms with Gasteiger partial charge in [0.2, 0.25) is 0 Å². The summed E-state index contributed by atoms with van der Waals surface area (Å²) in [5, 5.41) is 9.83. The zero-order chi connectivity index (χ0) is 37.0. The second-order valence-corrected chi connectivity index (χ2v) is 14.8. The predicted molar refractivity (Wildman–Crippen MR) is 237 cm³/mol. The fourth-order valence-electron chi connectivity index (χ4n) is 8.75. The Morgan fingerprint density at radius 3 is 1.88 bits per heavy atom. The largest absolute Gasteiger partial charge is 0.456 e. The van der Waals surface area contributed by atoms with Gasteiger partial charge in [-0.05, 0) is 92.0 Å². The van der Waals surface area contributed by atoms with E-state index < -0.39 is 0 Å². The number of rotatable bonds is 6. The van der Waals surface area contributed by atoms with Gasteiger partial charge in [-0.25, -0.2) is 0 Å². The highest BCUT2D eigenvalue weighted by molar-refractivity contribution is 6.14. The van der Waals surface area contributed by atoms with E-state index in [-0.39, 0.29) is 5.92 Å². The van der Waals surface area contributed by atoms with E-state index in [9.17, 15) is 0 Å². The van der Waals surface area contributed by atoms with Crippen LogP contribution in [0.5, 0.6) is 0 Å². The number of hydrogen-bond donors (Lipinski definition) is 0. The fraction of sp³-hybridized carbons (Fsp3) is 0.0370. The third kappa shape index (κ3) is 5.49. The Morgan fingerprint density at radius 1 is 0.464 bits per heavy atom. The molecule has 2 nitrogen and oxygen atoms in total. The smallest absolute Gasteiger partial charge is 0.139 e. The van der Waals surface area contributed by atoms with Crippen LogP contribution in [0.1, 0.15) is 17.9 Å². The summed E-state index contributed by atoms with van der Waals surface area (Å²) in [4.78, 5) is 2.44. The summed E-state index contributed by atoms with van der Waals surface area (Å²) in [6, 6.07) is 68.0. The molecule has 1 heterocycles. The number of nitrogens with zero attached hydrogens (tertiary/aromatic N) is 1. The maximum atomic E-state index is 6.47. The van der Waals surface area contributed by atoms with Crippen molar-refractivity contribution in [2.24, 2.45) is 0 Å². The number of furan rings is 1. The topological polar surface area (TPSA) is 16.4 Å². The molecule has 0 saturated heterocycles. The van der Waals surface area contributed by atoms with E-state index in [0.717, 1.165) is 29.0 Å². The molecule has 264 valence electrons. The second-order valence-electron chi connectivity index (χ2n) is 14.8. The van der Waals surface area contributed by atoms with Crippen LogP contribution < -0.4 is 4.90 Å². The number of para-hydroxylation sites is 2. The molecule has 11 rings (SSSR count). The predicted octanol–water partition coefficient (Wildman–Crippen LogP) is 15.1. The Hall–Kier alpha value is -7.16. The molecule has 0 saturated carbocycles. The molecule has 9 aromatic carbocycles. The van der Waals surface area contributed by atoms with Crippen LogP contribution in [0.2, 0.25) is 0 Å². The molecule has 1 atom stereocenters. The molecule has 0 aliphatic heterocycles. The highest BCUT2D eigenvalue weighted by Crippen LogP contribution is 2.43. The van der Waals surface area contributed by atoms with E-state index in [2.05, 4.69) is 205 Å². The maximum Gasteiger partial charge on any atom is 0.139 e. The van der Waals surface area contributed by atoms with Crippen LogP contribution in [-0.2, 0) is 0 Å². The molecular formula is C54H37NO. The van der Waals surface area contributed by atoms with Gasteiger partial charge in [0.1, 0.15) is 11.2 Å². The Kier molecular flexibility index (Phi) is 7.67. The summed E-state index contributed by atoms with van der Waals surface area (Å²) in [6.45, 7) is 0. The van der Waals surface area contributed by atoms with Crippen molar-refractivity contribution in [3.05, 3.63) is 218 Å². The fourth-order valence-corrected chi connectivity index (χ4v) is 8.75. The number of fused-ring (bicyclic) bond motifs is 7. The number of allylic oxidation sites excluding steroid dienone is 3. The highest BCUT2D eigenvalue weighted by atomic mass is 16.3. The number of benzene rings is 9. The minimum atomic E-state index is 0.207. The summed E-state index contributed by atoms with van der Waals surface area (Å²) in [5.74, 6) is 0.207. The Labute approximate surface area is 325 Å². The Bertz CT molecular complexity index is 3160. The highest BCUT2D eigenvalue weighted by Gasteiger charge is 2.23. The minimum Gasteiger partial charge on any atom is -0.456 e. The molecule has 2 heteroatoms. The van der Waals surface area contributed by atoms with Crippen LogP contribution in [0.4, 0.5) is 11.4 Å². The first-order chi connectivity index (χ1) is 27.7. The van der Waals surface area contributed by atoms with Crippen LogP contribution in [0.3, 0.4) is 0 Å². The molecule has 1 aliphatic rings. The molecule has 0 N–H and O–H groups in total. The Balaban J connectivity index is 0.971. The van der Waals surface area contributed by atoms with Crippen molar-refractivity contribution < 1.29 is 4.42 Å². The van der Waals surface area contributed by atoms with Gasteiger partial charge in [-0.15, -0.1) is 0 Å². The van der Waals surface area contributed by atoms with Gasteiger partial charge in [-0.2, -0.15) is 0 Å². The zero-order valence-electron chi connectivity index (χ0n) is 30.8. The maximum absolute atomic E-state index is 6.47. The molecule has 0 amide bonds. The lowest BCUT2D eigenvalue weighted by Crippen LogP contribution is -2.17. The summed E-state index contributed by atoms with van der Waals surface area (Å²) in [5.41, 5.74) is 11.4. The van der Waals surface area contributed by atoms with Gasteiger partial charge in [0.15, 0.2) is 0 Å². The summed E-state index contributed by atoms with van der Waals surface area (Å²) in [6.07, 6.45) is 7.93. The monoisotopic (exact) mass is 715 g/mol. The van der Waals surface area contributed by atoms with Gasteiger partial charge in [-0.1, -0.05) is 170 Å². The van der Waals surface area contributed by atoms with E-state index in [0.29, 0.717) is 0 Å². The lowest BCUT2D eigenvalue weighted by atomic mass is 9.89. The minimum absolute atomic E-state index is 0.207. The van der Waals surface area contributed by atoms with Crippen molar-refractivity contribution in [1.82, 2.24) is 0 Å². The van der Waals surface area contributed by atoms with Crippen molar-refractivity contribution in [3.63, 3.8) is 0 Å². The van der Waals surface area contributed by atoms with E-state index in [4.69, 9.17) is 4.42 Å². The van der Waals surface area contributed by atoms with Gasteiger partial charge in [0.25, 0.3) is 0 Å². The van der Waals surface area contributed by atoms with Crippen molar-refractivity contribution in [2.45, 2.75) is 12.3 Å².